The third-order valence-corrected chi connectivity index (χ3v) is 4.34. The van der Waals surface area contributed by atoms with Crippen LogP contribution in [0, 0.1) is 0 Å². The number of carbonyl (C=O) groups is 2. The second-order valence-corrected chi connectivity index (χ2v) is 6.10. The summed E-state index contributed by atoms with van der Waals surface area (Å²) in [5.41, 5.74) is 0.873. The molecule has 1 N–H and O–H groups in total. The third-order valence-electron chi connectivity index (χ3n) is 4.34. The molecule has 7 nitrogen and oxygen atoms in total. The summed E-state index contributed by atoms with van der Waals surface area (Å²) in [6.45, 7) is 1.85. The number of fused-ring (bicyclic) bond motifs is 2. The Morgan fingerprint density at radius 1 is 1.04 bits per heavy atom. The summed E-state index contributed by atoms with van der Waals surface area (Å²) in [5, 5.41) is 9.59. The van der Waals surface area contributed by atoms with Crippen LogP contribution in [-0.4, -0.2) is 29.9 Å². The lowest BCUT2D eigenvalue weighted by Crippen LogP contribution is -2.16. The summed E-state index contributed by atoms with van der Waals surface area (Å²) in [6, 6.07) is 9.75. The van der Waals surface area contributed by atoms with Crippen molar-refractivity contribution in [3.8, 4) is 23.0 Å². The highest BCUT2D eigenvalue weighted by atomic mass is 16.7. The van der Waals surface area contributed by atoms with Crippen LogP contribution < -0.4 is 18.9 Å². The van der Waals surface area contributed by atoms with Gasteiger partial charge in [0.15, 0.2) is 28.8 Å². The van der Waals surface area contributed by atoms with E-state index in [4.69, 9.17) is 18.9 Å². The molecule has 2 aromatic rings. The van der Waals surface area contributed by atoms with E-state index in [1.807, 2.05) is 0 Å². The highest BCUT2D eigenvalue weighted by molar-refractivity contribution is 5.99. The van der Waals surface area contributed by atoms with Gasteiger partial charge in [0.05, 0.1) is 5.92 Å². The fourth-order valence-electron chi connectivity index (χ4n) is 3.03. The predicted octanol–water partition coefficient (Wildman–Crippen LogP) is 2.97. The molecule has 0 radical (unpaired) electrons. The number of benzene rings is 2. The van der Waals surface area contributed by atoms with Crippen molar-refractivity contribution in [1.29, 1.82) is 0 Å². The van der Waals surface area contributed by atoms with Gasteiger partial charge in [-0.25, -0.2) is 0 Å². The zero-order valence-electron chi connectivity index (χ0n) is 13.9. The van der Waals surface area contributed by atoms with Crippen molar-refractivity contribution >= 4 is 11.8 Å². The number of aliphatic carboxylic acids is 1. The Labute approximate surface area is 149 Å². The van der Waals surface area contributed by atoms with E-state index in [0.29, 0.717) is 34.1 Å². The molecular weight excluding hydrogens is 340 g/mol. The van der Waals surface area contributed by atoms with Crippen LogP contribution in [0.4, 0.5) is 0 Å². The number of carboxylic acid groups (broad SMARTS) is 1. The van der Waals surface area contributed by atoms with Gasteiger partial charge in [-0.05, 0) is 35.9 Å². The normalized spacial score (nSPS) is 17.8. The first-order valence-electron chi connectivity index (χ1n) is 8.14. The van der Waals surface area contributed by atoms with E-state index in [1.165, 1.54) is 0 Å². The number of ether oxygens (including phenoxy) is 4. The number of hydrogen-bond acceptors (Lipinski definition) is 6. The van der Waals surface area contributed by atoms with E-state index in [1.54, 1.807) is 43.3 Å². The molecule has 2 aliphatic rings. The van der Waals surface area contributed by atoms with Gasteiger partial charge in [0, 0.05) is 18.9 Å². The van der Waals surface area contributed by atoms with Crippen molar-refractivity contribution in [2.75, 3.05) is 6.79 Å². The first kappa shape index (κ1) is 16.3. The van der Waals surface area contributed by atoms with E-state index in [0.717, 1.165) is 0 Å². The highest BCUT2D eigenvalue weighted by Crippen LogP contribution is 2.37. The van der Waals surface area contributed by atoms with Gasteiger partial charge in [-0.1, -0.05) is 6.07 Å². The maximum absolute atomic E-state index is 12.6. The van der Waals surface area contributed by atoms with Gasteiger partial charge in [0.1, 0.15) is 0 Å². The molecule has 2 atom stereocenters. The quantitative estimate of drug-likeness (QED) is 0.824. The largest absolute Gasteiger partial charge is 0.481 e. The van der Waals surface area contributed by atoms with Gasteiger partial charge in [-0.3, -0.25) is 9.59 Å². The molecule has 0 aromatic heterocycles. The zero-order chi connectivity index (χ0) is 18.3. The number of hydrogen-bond donors (Lipinski definition) is 1. The van der Waals surface area contributed by atoms with E-state index >= 15 is 0 Å². The molecule has 0 saturated carbocycles. The lowest BCUT2D eigenvalue weighted by atomic mass is 9.91. The van der Waals surface area contributed by atoms with Crippen molar-refractivity contribution in [1.82, 2.24) is 0 Å². The molecule has 4 rings (SSSR count). The number of Topliss-reactive ketones (excluding diaryl/α,β-unsaturated/α-hetero) is 1. The Balaban J connectivity index is 1.56. The third kappa shape index (κ3) is 2.92. The summed E-state index contributed by atoms with van der Waals surface area (Å²) < 4.78 is 21.4. The Kier molecular flexibility index (Phi) is 3.91. The van der Waals surface area contributed by atoms with E-state index < -0.39 is 18.2 Å². The number of rotatable bonds is 5. The minimum Gasteiger partial charge on any atom is -0.481 e. The molecule has 0 aliphatic carbocycles. The SMILES string of the molecule is C[C@@H]1Oc2ccc(C(=O)C[C@H](C(=O)O)c3ccc4c(c3)OCO4)cc2O1. The minimum atomic E-state index is -1.08. The Bertz CT molecular complexity index is 889. The maximum atomic E-state index is 12.6. The van der Waals surface area contributed by atoms with Crippen LogP contribution in [0.25, 0.3) is 0 Å². The monoisotopic (exact) mass is 356 g/mol. The summed E-state index contributed by atoms with van der Waals surface area (Å²) >= 11 is 0. The standard InChI is InChI=1S/C19H16O7/c1-10-25-16-5-3-12(7-18(16)26-10)14(20)8-13(19(21)22)11-2-4-15-17(6-11)24-9-23-15/h2-7,10,13H,8-9H2,1H3,(H,21,22)/t10-,13+/m1/s1. The molecule has 2 heterocycles. The van der Waals surface area contributed by atoms with Gasteiger partial charge in [0.2, 0.25) is 13.1 Å². The van der Waals surface area contributed by atoms with Crippen molar-refractivity contribution in [2.45, 2.75) is 25.6 Å². The Hall–Kier alpha value is -3.22. The van der Waals surface area contributed by atoms with Crippen LogP contribution in [-0.2, 0) is 4.79 Å². The lowest BCUT2D eigenvalue weighted by Gasteiger charge is -2.13. The molecule has 26 heavy (non-hydrogen) atoms. The number of ketones is 1. The van der Waals surface area contributed by atoms with Crippen LogP contribution in [0.1, 0.15) is 35.2 Å². The van der Waals surface area contributed by atoms with Gasteiger partial charge >= 0.3 is 5.97 Å². The molecule has 2 aliphatic heterocycles. The molecule has 7 heteroatoms. The van der Waals surface area contributed by atoms with Gasteiger partial charge in [-0.2, -0.15) is 0 Å². The smallest absolute Gasteiger partial charge is 0.311 e. The van der Waals surface area contributed by atoms with Crippen molar-refractivity contribution in [2.24, 2.45) is 0 Å². The summed E-state index contributed by atoms with van der Waals surface area (Å²) in [5.74, 6) is -0.251. The molecule has 0 fully saturated rings. The van der Waals surface area contributed by atoms with Crippen LogP contribution >= 0.6 is 0 Å². The minimum absolute atomic E-state index is 0.102. The topological polar surface area (TPSA) is 91.3 Å². The first-order chi connectivity index (χ1) is 12.5. The van der Waals surface area contributed by atoms with Crippen LogP contribution in [0.5, 0.6) is 23.0 Å². The first-order valence-corrected chi connectivity index (χ1v) is 8.14. The molecule has 0 bridgehead atoms. The van der Waals surface area contributed by atoms with Gasteiger partial charge < -0.3 is 24.1 Å². The number of carbonyl (C=O) groups excluding carboxylic acids is 1. The molecule has 0 spiro atoms. The molecule has 134 valence electrons. The van der Waals surface area contributed by atoms with Gasteiger partial charge in [-0.15, -0.1) is 0 Å². The van der Waals surface area contributed by atoms with E-state index in [-0.39, 0.29) is 19.0 Å². The summed E-state index contributed by atoms with van der Waals surface area (Å²) in [4.78, 5) is 24.4. The average molecular weight is 356 g/mol. The zero-order valence-corrected chi connectivity index (χ0v) is 13.9. The fraction of sp³-hybridized carbons (Fsp3) is 0.263. The van der Waals surface area contributed by atoms with Crippen molar-refractivity contribution in [3.63, 3.8) is 0 Å². The van der Waals surface area contributed by atoms with Crippen LogP contribution in [0.15, 0.2) is 36.4 Å². The second kappa shape index (κ2) is 6.25. The average Bonchev–Trinajstić information content (AvgIpc) is 3.22. The highest BCUT2D eigenvalue weighted by Gasteiger charge is 2.28. The number of carboxylic acids is 1. The Morgan fingerprint density at radius 2 is 1.77 bits per heavy atom. The summed E-state index contributed by atoms with van der Waals surface area (Å²) in [6.07, 6.45) is -0.583. The fourth-order valence-corrected chi connectivity index (χ4v) is 3.03. The van der Waals surface area contributed by atoms with Crippen LogP contribution in [0.3, 0.4) is 0 Å². The van der Waals surface area contributed by atoms with E-state index in [2.05, 4.69) is 0 Å². The predicted molar refractivity (Wildman–Crippen MR) is 89.0 cm³/mol. The maximum Gasteiger partial charge on any atom is 0.311 e. The molecule has 0 unspecified atom stereocenters. The summed E-state index contributed by atoms with van der Waals surface area (Å²) in [7, 11) is 0. The molecule has 0 amide bonds. The van der Waals surface area contributed by atoms with Crippen molar-refractivity contribution in [3.05, 3.63) is 47.5 Å². The van der Waals surface area contributed by atoms with Crippen LogP contribution in [0.2, 0.25) is 0 Å². The lowest BCUT2D eigenvalue weighted by molar-refractivity contribution is -0.138. The molecular formula is C19H16O7. The molecule has 2 aromatic carbocycles. The van der Waals surface area contributed by atoms with Crippen molar-refractivity contribution < 1.29 is 33.6 Å². The van der Waals surface area contributed by atoms with E-state index in [9.17, 15) is 14.7 Å². The van der Waals surface area contributed by atoms with Gasteiger partial charge in [0.25, 0.3) is 0 Å². The Morgan fingerprint density at radius 3 is 2.58 bits per heavy atom. The second-order valence-electron chi connectivity index (χ2n) is 6.10. The molecule has 0 saturated heterocycles.